The number of guanidine groups is 1. The molecule has 1 aromatic carbocycles. The minimum Gasteiger partial charge on any atom is -0.379 e. The summed E-state index contributed by atoms with van der Waals surface area (Å²) in [7, 11) is 0. The van der Waals surface area contributed by atoms with Gasteiger partial charge in [0.1, 0.15) is 0 Å². The van der Waals surface area contributed by atoms with Crippen molar-refractivity contribution in [1.29, 1.82) is 0 Å². The van der Waals surface area contributed by atoms with Gasteiger partial charge in [-0.1, -0.05) is 32.4 Å². The number of amides is 1. The standard InChI is InChI=1S/C23H40N4O3/c1-5-8-13-29-15-16-30-14-12-25-23(24-7-3)26-18-20-10-9-11-21(17-20)22(28)27-19(4)6-2/h9-11,17,19H,5-8,12-16,18H2,1-4H3,(H,27,28)(H2,24,25,26). The highest BCUT2D eigenvalue weighted by Crippen LogP contribution is 2.07. The first kappa shape index (κ1) is 25.9. The second kappa shape index (κ2) is 16.7. The van der Waals surface area contributed by atoms with E-state index in [-0.39, 0.29) is 11.9 Å². The third-order valence-corrected chi connectivity index (χ3v) is 4.50. The van der Waals surface area contributed by atoms with Crippen molar-refractivity contribution in [2.24, 2.45) is 4.99 Å². The number of ether oxygens (including phenoxy) is 2. The van der Waals surface area contributed by atoms with Gasteiger partial charge >= 0.3 is 0 Å². The molecule has 1 atom stereocenters. The first-order valence-electron chi connectivity index (χ1n) is 11.2. The topological polar surface area (TPSA) is 84.0 Å². The maximum atomic E-state index is 12.3. The first-order chi connectivity index (χ1) is 14.6. The molecule has 0 aromatic heterocycles. The molecule has 30 heavy (non-hydrogen) atoms. The zero-order valence-electron chi connectivity index (χ0n) is 19.1. The summed E-state index contributed by atoms with van der Waals surface area (Å²) < 4.78 is 11.0. The number of rotatable bonds is 15. The van der Waals surface area contributed by atoms with Crippen molar-refractivity contribution < 1.29 is 14.3 Å². The lowest BCUT2D eigenvalue weighted by Crippen LogP contribution is -2.39. The Morgan fingerprint density at radius 3 is 2.53 bits per heavy atom. The first-order valence-corrected chi connectivity index (χ1v) is 11.2. The van der Waals surface area contributed by atoms with Crippen LogP contribution in [0.2, 0.25) is 0 Å². The van der Waals surface area contributed by atoms with E-state index in [4.69, 9.17) is 9.47 Å². The van der Waals surface area contributed by atoms with Crippen molar-refractivity contribution >= 4 is 11.9 Å². The molecule has 0 aliphatic rings. The van der Waals surface area contributed by atoms with Crippen molar-refractivity contribution in [3.05, 3.63) is 35.4 Å². The number of hydrogen-bond donors (Lipinski definition) is 3. The van der Waals surface area contributed by atoms with Gasteiger partial charge in [-0.05, 0) is 44.4 Å². The molecule has 7 heteroatoms. The molecule has 170 valence electrons. The quantitative estimate of drug-likeness (QED) is 0.231. The molecular formula is C23H40N4O3. The van der Waals surface area contributed by atoms with E-state index in [1.165, 1.54) is 0 Å². The van der Waals surface area contributed by atoms with E-state index in [2.05, 4.69) is 34.8 Å². The smallest absolute Gasteiger partial charge is 0.251 e. The fourth-order valence-corrected chi connectivity index (χ4v) is 2.54. The largest absolute Gasteiger partial charge is 0.379 e. The van der Waals surface area contributed by atoms with Gasteiger partial charge in [0.15, 0.2) is 5.96 Å². The van der Waals surface area contributed by atoms with Gasteiger partial charge in [0.05, 0.1) is 26.4 Å². The fourth-order valence-electron chi connectivity index (χ4n) is 2.54. The summed E-state index contributed by atoms with van der Waals surface area (Å²) in [6.07, 6.45) is 3.14. The van der Waals surface area contributed by atoms with Crippen molar-refractivity contribution in [3.8, 4) is 0 Å². The van der Waals surface area contributed by atoms with E-state index >= 15 is 0 Å². The van der Waals surface area contributed by atoms with Gasteiger partial charge in [0.2, 0.25) is 0 Å². The summed E-state index contributed by atoms with van der Waals surface area (Å²) in [5, 5.41) is 9.49. The lowest BCUT2D eigenvalue weighted by Gasteiger charge is -2.13. The maximum absolute atomic E-state index is 12.3. The third kappa shape index (κ3) is 11.8. The van der Waals surface area contributed by atoms with Crippen LogP contribution in [0.15, 0.2) is 29.3 Å². The van der Waals surface area contributed by atoms with Gasteiger partial charge in [-0.2, -0.15) is 0 Å². The third-order valence-electron chi connectivity index (χ3n) is 4.50. The highest BCUT2D eigenvalue weighted by atomic mass is 16.5. The van der Waals surface area contributed by atoms with Gasteiger partial charge in [-0.25, -0.2) is 4.99 Å². The van der Waals surface area contributed by atoms with E-state index in [1.54, 1.807) is 0 Å². The summed E-state index contributed by atoms with van der Waals surface area (Å²) in [5.74, 6) is 0.686. The maximum Gasteiger partial charge on any atom is 0.251 e. The van der Waals surface area contributed by atoms with Gasteiger partial charge in [-0.3, -0.25) is 4.79 Å². The van der Waals surface area contributed by atoms with Gasteiger partial charge in [0, 0.05) is 31.3 Å². The average Bonchev–Trinajstić information content (AvgIpc) is 2.76. The summed E-state index contributed by atoms with van der Waals surface area (Å²) in [4.78, 5) is 16.9. The Hall–Kier alpha value is -2.12. The zero-order chi connectivity index (χ0) is 22.0. The van der Waals surface area contributed by atoms with Gasteiger partial charge in [0.25, 0.3) is 5.91 Å². The van der Waals surface area contributed by atoms with E-state index in [0.29, 0.717) is 38.5 Å². The van der Waals surface area contributed by atoms with Crippen LogP contribution in [-0.2, 0) is 16.0 Å². The predicted octanol–water partition coefficient (Wildman–Crippen LogP) is 3.10. The Morgan fingerprint density at radius 2 is 1.83 bits per heavy atom. The summed E-state index contributed by atoms with van der Waals surface area (Å²) in [5.41, 5.74) is 1.65. The lowest BCUT2D eigenvalue weighted by molar-refractivity contribution is 0.0487. The van der Waals surface area contributed by atoms with Crippen LogP contribution in [0.1, 0.15) is 62.9 Å². The molecule has 0 bridgehead atoms. The monoisotopic (exact) mass is 420 g/mol. The predicted molar refractivity (Wildman–Crippen MR) is 123 cm³/mol. The normalized spacial score (nSPS) is 12.5. The van der Waals surface area contributed by atoms with E-state index in [1.807, 2.05) is 38.1 Å². The molecule has 1 unspecified atom stereocenters. The lowest BCUT2D eigenvalue weighted by atomic mass is 10.1. The van der Waals surface area contributed by atoms with Crippen molar-refractivity contribution in [2.75, 3.05) is 39.5 Å². The minimum atomic E-state index is -0.0453. The Kier molecular flexibility index (Phi) is 14.4. The van der Waals surface area contributed by atoms with Gasteiger partial charge < -0.3 is 25.4 Å². The highest BCUT2D eigenvalue weighted by Gasteiger charge is 2.09. The molecule has 0 spiro atoms. The molecule has 1 amide bonds. The SMILES string of the molecule is CCCCOCCOCCNC(=NCc1cccc(C(=O)NC(C)CC)c1)NCC. The highest BCUT2D eigenvalue weighted by molar-refractivity contribution is 5.94. The molecule has 0 saturated carbocycles. The number of carbonyl (C=O) groups is 1. The molecule has 0 saturated heterocycles. The van der Waals surface area contributed by atoms with E-state index in [9.17, 15) is 4.79 Å². The molecule has 7 nitrogen and oxygen atoms in total. The van der Waals surface area contributed by atoms with Crippen LogP contribution < -0.4 is 16.0 Å². The van der Waals surface area contributed by atoms with Crippen LogP contribution in [0.25, 0.3) is 0 Å². The van der Waals surface area contributed by atoms with Gasteiger partial charge in [-0.15, -0.1) is 0 Å². The fraction of sp³-hybridized carbons (Fsp3) is 0.652. The molecule has 0 fully saturated rings. The Bertz CT molecular complexity index is 622. The van der Waals surface area contributed by atoms with Crippen LogP contribution in [0.3, 0.4) is 0 Å². The Labute approximate surface area is 182 Å². The molecule has 0 radical (unpaired) electrons. The minimum absolute atomic E-state index is 0.0453. The van der Waals surface area contributed by atoms with Crippen molar-refractivity contribution in [1.82, 2.24) is 16.0 Å². The molecule has 3 N–H and O–H groups in total. The average molecular weight is 421 g/mol. The van der Waals surface area contributed by atoms with Crippen molar-refractivity contribution in [2.45, 2.75) is 59.5 Å². The summed E-state index contributed by atoms with van der Waals surface area (Å²) >= 11 is 0. The van der Waals surface area contributed by atoms with Crippen LogP contribution in [0.4, 0.5) is 0 Å². The number of nitrogens with one attached hydrogen (secondary N) is 3. The number of nitrogens with zero attached hydrogens (tertiary/aromatic N) is 1. The van der Waals surface area contributed by atoms with E-state index in [0.717, 1.165) is 43.9 Å². The molecular weight excluding hydrogens is 380 g/mol. The molecule has 0 aliphatic heterocycles. The second-order valence-electron chi connectivity index (χ2n) is 7.18. The second-order valence-corrected chi connectivity index (χ2v) is 7.18. The number of aliphatic imine (C=N–C) groups is 1. The Balaban J connectivity index is 2.43. The number of benzene rings is 1. The van der Waals surface area contributed by atoms with Crippen molar-refractivity contribution in [3.63, 3.8) is 0 Å². The molecule has 0 heterocycles. The number of carbonyl (C=O) groups excluding carboxylic acids is 1. The van der Waals surface area contributed by atoms with E-state index < -0.39 is 0 Å². The molecule has 0 aliphatic carbocycles. The number of unbranched alkanes of at least 4 members (excludes halogenated alkanes) is 1. The van der Waals surface area contributed by atoms with Crippen LogP contribution in [0.5, 0.6) is 0 Å². The molecule has 1 aromatic rings. The summed E-state index contributed by atoms with van der Waals surface area (Å²) in [6.45, 7) is 12.8. The van der Waals surface area contributed by atoms with Crippen LogP contribution in [0, 0.1) is 0 Å². The summed E-state index contributed by atoms with van der Waals surface area (Å²) in [6, 6.07) is 7.76. The Morgan fingerprint density at radius 1 is 1.07 bits per heavy atom. The molecule has 1 rings (SSSR count). The number of hydrogen-bond acceptors (Lipinski definition) is 4. The van der Waals surface area contributed by atoms with Crippen LogP contribution in [-0.4, -0.2) is 57.4 Å². The zero-order valence-corrected chi connectivity index (χ0v) is 19.1. The van der Waals surface area contributed by atoms with Crippen LogP contribution >= 0.6 is 0 Å².